The van der Waals surface area contributed by atoms with Gasteiger partial charge < -0.3 is 15.0 Å². The summed E-state index contributed by atoms with van der Waals surface area (Å²) in [6.07, 6.45) is 1.95. The molecule has 8 nitrogen and oxygen atoms in total. The summed E-state index contributed by atoms with van der Waals surface area (Å²) in [4.78, 5) is 29.3. The number of carbonyl (C=O) groups excluding carboxylic acids is 2. The van der Waals surface area contributed by atoms with Gasteiger partial charge in [0.1, 0.15) is 24.9 Å². The molecule has 0 saturated heterocycles. The van der Waals surface area contributed by atoms with Crippen LogP contribution in [-0.2, 0) is 39.2 Å². The quantitative estimate of drug-likeness (QED) is 0.154. The van der Waals surface area contributed by atoms with E-state index in [2.05, 4.69) is 5.32 Å². The lowest BCUT2D eigenvalue weighted by Gasteiger charge is -2.33. The Morgan fingerprint density at radius 3 is 2.09 bits per heavy atom. The van der Waals surface area contributed by atoms with E-state index in [0.29, 0.717) is 40.9 Å². The molecule has 11 heteroatoms. The van der Waals surface area contributed by atoms with Gasteiger partial charge in [0, 0.05) is 29.6 Å². The molecule has 0 radical (unpaired) electrons. The summed E-state index contributed by atoms with van der Waals surface area (Å²) in [5, 5.41) is 3.66. The Labute approximate surface area is 280 Å². The van der Waals surface area contributed by atoms with E-state index in [0.717, 1.165) is 21.7 Å². The van der Waals surface area contributed by atoms with Crippen molar-refractivity contribution in [2.45, 2.75) is 39.0 Å². The fourth-order valence-electron chi connectivity index (χ4n) is 4.82. The number of nitrogens with one attached hydrogen (secondary N) is 1. The third-order valence-corrected chi connectivity index (χ3v) is 8.96. The molecule has 1 atom stereocenters. The van der Waals surface area contributed by atoms with Gasteiger partial charge in [0.15, 0.2) is 0 Å². The van der Waals surface area contributed by atoms with E-state index in [-0.39, 0.29) is 24.6 Å². The van der Waals surface area contributed by atoms with Crippen molar-refractivity contribution in [2.24, 2.45) is 0 Å². The fourth-order valence-corrected chi connectivity index (χ4v) is 6.13. The number of carbonyl (C=O) groups is 2. The van der Waals surface area contributed by atoms with Crippen LogP contribution in [0.4, 0.5) is 5.69 Å². The second-order valence-electron chi connectivity index (χ2n) is 10.8. The molecule has 0 spiro atoms. The van der Waals surface area contributed by atoms with E-state index in [4.69, 9.17) is 27.9 Å². The molecule has 242 valence electrons. The van der Waals surface area contributed by atoms with Gasteiger partial charge in [-0.15, -0.1) is 0 Å². The van der Waals surface area contributed by atoms with Crippen molar-refractivity contribution < 1.29 is 22.7 Å². The zero-order valence-electron chi connectivity index (χ0n) is 25.7. The van der Waals surface area contributed by atoms with Gasteiger partial charge in [0.2, 0.25) is 21.8 Å². The van der Waals surface area contributed by atoms with Crippen molar-refractivity contribution in [3.05, 3.63) is 130 Å². The Balaban J connectivity index is 1.65. The molecular formula is C35H37Cl2N3O5S. The molecule has 4 aromatic rings. The lowest BCUT2D eigenvalue weighted by atomic mass is 10.0. The van der Waals surface area contributed by atoms with Crippen LogP contribution in [0.3, 0.4) is 0 Å². The van der Waals surface area contributed by atoms with E-state index in [9.17, 15) is 18.0 Å². The molecule has 4 rings (SSSR count). The van der Waals surface area contributed by atoms with Crippen LogP contribution in [-0.4, -0.2) is 50.5 Å². The highest BCUT2D eigenvalue weighted by Gasteiger charge is 2.33. The number of ether oxygens (including phenoxy) is 1. The van der Waals surface area contributed by atoms with Crippen molar-refractivity contribution in [3.63, 3.8) is 0 Å². The topological polar surface area (TPSA) is 96.0 Å². The highest BCUT2D eigenvalue weighted by atomic mass is 35.5. The Morgan fingerprint density at radius 1 is 0.870 bits per heavy atom. The number of sulfonamides is 1. The first-order chi connectivity index (χ1) is 22.0. The predicted octanol–water partition coefficient (Wildman–Crippen LogP) is 6.50. The number of halogens is 2. The van der Waals surface area contributed by atoms with Crippen LogP contribution in [0.15, 0.2) is 103 Å². The lowest BCUT2D eigenvalue weighted by Crippen LogP contribution is -2.53. The summed E-state index contributed by atoms with van der Waals surface area (Å²) in [5.74, 6) is -0.384. The van der Waals surface area contributed by atoms with Crippen LogP contribution >= 0.6 is 23.2 Å². The molecule has 0 saturated carbocycles. The third-order valence-electron chi connectivity index (χ3n) is 7.23. The molecule has 0 heterocycles. The van der Waals surface area contributed by atoms with Gasteiger partial charge in [0.25, 0.3) is 0 Å². The monoisotopic (exact) mass is 681 g/mol. The second-order valence-corrected chi connectivity index (χ2v) is 13.5. The normalized spacial score (nSPS) is 11.8. The molecule has 0 aromatic heterocycles. The fraction of sp³-hybridized carbons (Fsp3) is 0.257. The lowest BCUT2D eigenvalue weighted by molar-refractivity contribution is -0.140. The van der Waals surface area contributed by atoms with E-state index >= 15 is 0 Å². The minimum atomic E-state index is -3.92. The van der Waals surface area contributed by atoms with E-state index in [1.54, 1.807) is 42.5 Å². The van der Waals surface area contributed by atoms with Crippen LogP contribution in [0.25, 0.3) is 0 Å². The number of benzene rings is 4. The third kappa shape index (κ3) is 9.97. The maximum atomic E-state index is 14.2. The molecule has 0 aliphatic heterocycles. The second kappa shape index (κ2) is 16.5. The molecule has 1 unspecified atom stereocenters. The van der Waals surface area contributed by atoms with E-state index in [1.165, 1.54) is 4.90 Å². The summed E-state index contributed by atoms with van der Waals surface area (Å²) in [6.45, 7) is 2.11. The number of amides is 2. The Kier molecular flexibility index (Phi) is 12.5. The minimum Gasteiger partial charge on any atom is -0.489 e. The van der Waals surface area contributed by atoms with Crippen molar-refractivity contribution >= 4 is 50.7 Å². The van der Waals surface area contributed by atoms with Crippen LogP contribution in [0.1, 0.15) is 30.0 Å². The van der Waals surface area contributed by atoms with Crippen LogP contribution in [0.5, 0.6) is 5.75 Å². The maximum absolute atomic E-state index is 14.2. The highest BCUT2D eigenvalue weighted by Crippen LogP contribution is 2.26. The van der Waals surface area contributed by atoms with E-state index in [1.807, 2.05) is 67.6 Å². The summed E-state index contributed by atoms with van der Waals surface area (Å²) in [5.41, 5.74) is 2.67. The number of hydrogen-bond acceptors (Lipinski definition) is 5. The van der Waals surface area contributed by atoms with Crippen molar-refractivity contribution in [1.29, 1.82) is 0 Å². The van der Waals surface area contributed by atoms with Gasteiger partial charge in [-0.1, -0.05) is 96.9 Å². The summed E-state index contributed by atoms with van der Waals surface area (Å²) in [7, 11) is -3.92. The first-order valence-electron chi connectivity index (χ1n) is 14.8. The highest BCUT2D eigenvalue weighted by molar-refractivity contribution is 7.92. The number of anilines is 1. The van der Waals surface area contributed by atoms with Crippen molar-refractivity contribution in [2.75, 3.05) is 23.7 Å². The standard InChI is InChI=1S/C35H37Cl2N3O5S/c1-3-20-38-35(42)33(21-26-10-6-4-7-11-26)39(23-28-14-15-29(36)22-32(28)37)34(41)24-40(46(2,43)44)30-16-18-31(19-17-30)45-25-27-12-8-5-9-13-27/h4-19,22,33H,3,20-21,23-25H2,1-2H3,(H,38,42). The van der Waals surface area contributed by atoms with E-state index < -0.39 is 28.5 Å². The number of hydrogen-bond donors (Lipinski definition) is 1. The molecule has 0 fully saturated rings. The molecule has 0 aliphatic carbocycles. The SMILES string of the molecule is CCCNC(=O)C(Cc1ccccc1)N(Cc1ccc(Cl)cc1Cl)C(=O)CN(c1ccc(OCc2ccccc2)cc1)S(C)(=O)=O. The van der Waals surface area contributed by atoms with Crippen molar-refractivity contribution in [3.8, 4) is 5.75 Å². The molecule has 46 heavy (non-hydrogen) atoms. The number of rotatable bonds is 15. The molecule has 1 N–H and O–H groups in total. The predicted molar refractivity (Wildman–Crippen MR) is 184 cm³/mol. The molecule has 0 bridgehead atoms. The Hall–Kier alpha value is -4.05. The largest absolute Gasteiger partial charge is 0.489 e. The van der Waals surface area contributed by atoms with Gasteiger partial charge in [-0.2, -0.15) is 0 Å². The Morgan fingerprint density at radius 2 is 1.50 bits per heavy atom. The molecule has 2 amide bonds. The van der Waals surface area contributed by atoms with Crippen LogP contribution in [0, 0.1) is 0 Å². The summed E-state index contributed by atoms with van der Waals surface area (Å²) in [6, 6.07) is 29.4. The molecule has 0 aliphatic rings. The Bertz CT molecular complexity index is 1710. The first kappa shape index (κ1) is 34.8. The maximum Gasteiger partial charge on any atom is 0.244 e. The van der Waals surface area contributed by atoms with Gasteiger partial charge in [-0.3, -0.25) is 13.9 Å². The minimum absolute atomic E-state index is 0.0459. The van der Waals surface area contributed by atoms with Crippen LogP contribution in [0.2, 0.25) is 10.0 Å². The van der Waals surface area contributed by atoms with Crippen LogP contribution < -0.4 is 14.4 Å². The average molecular weight is 683 g/mol. The van der Waals surface area contributed by atoms with Gasteiger partial charge >= 0.3 is 0 Å². The number of nitrogens with zero attached hydrogens (tertiary/aromatic N) is 2. The van der Waals surface area contributed by atoms with Gasteiger partial charge in [-0.05, 0) is 59.5 Å². The summed E-state index contributed by atoms with van der Waals surface area (Å²) >= 11 is 12.7. The smallest absolute Gasteiger partial charge is 0.244 e. The molecule has 4 aromatic carbocycles. The summed E-state index contributed by atoms with van der Waals surface area (Å²) < 4.78 is 33.0. The zero-order chi connectivity index (χ0) is 33.1. The first-order valence-corrected chi connectivity index (χ1v) is 17.4. The van der Waals surface area contributed by atoms with Gasteiger partial charge in [-0.25, -0.2) is 8.42 Å². The van der Waals surface area contributed by atoms with Gasteiger partial charge in [0.05, 0.1) is 11.9 Å². The zero-order valence-corrected chi connectivity index (χ0v) is 28.1. The molecular weight excluding hydrogens is 645 g/mol. The average Bonchev–Trinajstić information content (AvgIpc) is 3.04. The van der Waals surface area contributed by atoms with Crippen molar-refractivity contribution in [1.82, 2.24) is 10.2 Å².